The number of carbonyl (C=O) groups is 1. The summed E-state index contributed by atoms with van der Waals surface area (Å²) in [6, 6.07) is 0. The Balaban J connectivity index is 2.35. The van der Waals surface area contributed by atoms with Gasteiger partial charge in [0.15, 0.2) is 0 Å². The summed E-state index contributed by atoms with van der Waals surface area (Å²) in [6.07, 6.45) is 11.4. The summed E-state index contributed by atoms with van der Waals surface area (Å²) in [7, 11) is 0. The number of fused-ring (bicyclic) bond motifs is 2. The van der Waals surface area contributed by atoms with Crippen molar-refractivity contribution in [2.75, 3.05) is 0 Å². The second-order valence-corrected chi connectivity index (χ2v) is 8.61. The zero-order valence-corrected chi connectivity index (χ0v) is 17.0. The lowest BCUT2D eigenvalue weighted by molar-refractivity contribution is -0.186. The van der Waals surface area contributed by atoms with Gasteiger partial charge in [-0.25, -0.2) is 0 Å². The summed E-state index contributed by atoms with van der Waals surface area (Å²) in [6.45, 7) is 12.6. The highest BCUT2D eigenvalue weighted by Gasteiger charge is 2.52. The highest BCUT2D eigenvalue weighted by Crippen LogP contribution is 2.48. The topological polar surface area (TPSA) is 35.5 Å². The monoisotopic (exact) mass is 348 g/mol. The first-order chi connectivity index (χ1) is 11.7. The molecule has 25 heavy (non-hydrogen) atoms. The molecule has 0 spiro atoms. The Morgan fingerprint density at radius 3 is 2.52 bits per heavy atom. The molecule has 2 bridgehead atoms. The molecule has 3 atom stereocenters. The third-order valence-corrected chi connectivity index (χ3v) is 6.15. The van der Waals surface area contributed by atoms with Crippen molar-refractivity contribution in [3.8, 4) is 0 Å². The number of hydrogen-bond donors (Lipinski definition) is 0. The molecule has 3 heteroatoms. The molecule has 0 amide bonds. The normalized spacial score (nSPS) is 38.6. The van der Waals surface area contributed by atoms with Crippen molar-refractivity contribution >= 4 is 5.97 Å². The summed E-state index contributed by atoms with van der Waals surface area (Å²) < 4.78 is 12.5. The van der Waals surface area contributed by atoms with E-state index in [2.05, 4.69) is 46.8 Å². The minimum absolute atomic E-state index is 0.148. The molecule has 1 saturated heterocycles. The molecular formula is C22H36O3. The highest BCUT2D eigenvalue weighted by atomic mass is 16.6. The molecule has 2 aliphatic rings. The van der Waals surface area contributed by atoms with Gasteiger partial charge in [-0.2, -0.15) is 0 Å². The summed E-state index contributed by atoms with van der Waals surface area (Å²) in [5, 5.41) is 0. The predicted molar refractivity (Wildman–Crippen MR) is 102 cm³/mol. The van der Waals surface area contributed by atoms with Crippen molar-refractivity contribution in [2.45, 2.75) is 104 Å². The molecule has 0 saturated carbocycles. The second kappa shape index (κ2) is 8.07. The molecule has 0 aromatic rings. The van der Waals surface area contributed by atoms with Crippen LogP contribution in [0.15, 0.2) is 23.3 Å². The van der Waals surface area contributed by atoms with Crippen molar-refractivity contribution in [2.24, 2.45) is 5.92 Å². The van der Waals surface area contributed by atoms with Crippen molar-refractivity contribution < 1.29 is 14.3 Å². The first-order valence-electron chi connectivity index (χ1n) is 9.85. The molecule has 0 aliphatic carbocycles. The summed E-state index contributed by atoms with van der Waals surface area (Å²) in [4.78, 5) is 11.7. The Hall–Kier alpha value is -1.09. The smallest absolute Gasteiger partial charge is 0.303 e. The van der Waals surface area contributed by atoms with Gasteiger partial charge in [-0.1, -0.05) is 37.1 Å². The third kappa shape index (κ3) is 4.97. The van der Waals surface area contributed by atoms with Gasteiger partial charge < -0.3 is 9.47 Å². The summed E-state index contributed by atoms with van der Waals surface area (Å²) in [5.41, 5.74) is 2.27. The molecule has 142 valence electrons. The minimum atomic E-state index is -0.397. The number of esters is 1. The molecule has 3 unspecified atom stereocenters. The third-order valence-electron chi connectivity index (χ3n) is 6.15. The van der Waals surface area contributed by atoms with Crippen LogP contribution in [-0.2, 0) is 14.3 Å². The summed E-state index contributed by atoms with van der Waals surface area (Å²) >= 11 is 0. The van der Waals surface area contributed by atoms with Crippen LogP contribution in [0.3, 0.4) is 0 Å². The van der Waals surface area contributed by atoms with Gasteiger partial charge in [-0.3, -0.25) is 4.79 Å². The first-order valence-corrected chi connectivity index (χ1v) is 9.85. The Labute approximate surface area is 153 Å². The van der Waals surface area contributed by atoms with Gasteiger partial charge in [0.05, 0.1) is 5.60 Å². The van der Waals surface area contributed by atoms with Gasteiger partial charge in [0.2, 0.25) is 0 Å². The number of hydrogen-bond acceptors (Lipinski definition) is 3. The van der Waals surface area contributed by atoms with E-state index in [0.29, 0.717) is 5.92 Å². The fraction of sp³-hybridized carbons (Fsp3) is 0.773. The minimum Gasteiger partial charge on any atom is -0.459 e. The maximum atomic E-state index is 11.7. The van der Waals surface area contributed by atoms with Crippen LogP contribution in [0.1, 0.15) is 86.5 Å². The lowest BCUT2D eigenvalue weighted by atomic mass is 9.82. The largest absolute Gasteiger partial charge is 0.459 e. The van der Waals surface area contributed by atoms with Crippen molar-refractivity contribution in [3.05, 3.63) is 23.3 Å². The molecule has 0 aromatic heterocycles. The quantitative estimate of drug-likeness (QED) is 0.471. The van der Waals surface area contributed by atoms with Crippen LogP contribution in [0.2, 0.25) is 0 Å². The van der Waals surface area contributed by atoms with Crippen LogP contribution in [0.4, 0.5) is 0 Å². The molecule has 2 rings (SSSR count). The summed E-state index contributed by atoms with van der Waals surface area (Å²) in [5.74, 6) is 0.222. The van der Waals surface area contributed by atoms with E-state index in [9.17, 15) is 4.79 Å². The predicted octanol–water partition coefficient (Wildman–Crippen LogP) is 5.74. The number of allylic oxidation sites excluding steroid dienone is 3. The first kappa shape index (κ1) is 20.2. The Morgan fingerprint density at radius 2 is 1.88 bits per heavy atom. The van der Waals surface area contributed by atoms with Gasteiger partial charge in [-0.05, 0) is 71.6 Å². The van der Waals surface area contributed by atoms with Crippen molar-refractivity contribution in [1.29, 1.82) is 0 Å². The van der Waals surface area contributed by atoms with Crippen molar-refractivity contribution in [3.63, 3.8) is 0 Å². The van der Waals surface area contributed by atoms with Gasteiger partial charge in [0, 0.05) is 6.92 Å². The average molecular weight is 349 g/mol. The molecule has 0 radical (unpaired) electrons. The van der Waals surface area contributed by atoms with E-state index in [-0.39, 0.29) is 17.7 Å². The Kier molecular flexibility index (Phi) is 6.53. The average Bonchev–Trinajstić information content (AvgIpc) is 2.88. The van der Waals surface area contributed by atoms with Crippen LogP contribution < -0.4 is 0 Å². The standard InChI is InChI=1S/C22H36O3/c1-16(2)22-13-12-18(4)9-7-8-17(3)10-11-20(24-19(5)23)21(6,25-22)14-15-22/h8,12,16,20H,7,9-11,13-15H2,1-6H3/b17-8-,18-12-. The fourth-order valence-corrected chi connectivity index (χ4v) is 4.18. The Bertz CT molecular complexity index is 545. The van der Waals surface area contributed by atoms with Gasteiger partial charge in [0.1, 0.15) is 11.7 Å². The number of carbonyl (C=O) groups excluding carboxylic acids is 1. The lowest BCUT2D eigenvalue weighted by Gasteiger charge is -2.39. The van der Waals surface area contributed by atoms with Crippen LogP contribution >= 0.6 is 0 Å². The molecule has 0 aromatic carbocycles. The van der Waals surface area contributed by atoms with Gasteiger partial charge >= 0.3 is 5.97 Å². The van der Waals surface area contributed by atoms with Crippen LogP contribution in [-0.4, -0.2) is 23.3 Å². The maximum absolute atomic E-state index is 11.7. The van der Waals surface area contributed by atoms with E-state index in [1.165, 1.54) is 18.1 Å². The van der Waals surface area contributed by atoms with E-state index in [1.54, 1.807) is 0 Å². The highest BCUT2D eigenvalue weighted by molar-refractivity contribution is 5.66. The molecule has 2 aliphatic heterocycles. The number of ether oxygens (including phenoxy) is 2. The van der Waals surface area contributed by atoms with Crippen LogP contribution in [0.25, 0.3) is 0 Å². The van der Waals surface area contributed by atoms with Gasteiger partial charge in [0.25, 0.3) is 0 Å². The van der Waals surface area contributed by atoms with Gasteiger partial charge in [-0.15, -0.1) is 0 Å². The Morgan fingerprint density at radius 1 is 1.20 bits per heavy atom. The number of rotatable bonds is 2. The molecule has 0 N–H and O–H groups in total. The van der Waals surface area contributed by atoms with E-state index >= 15 is 0 Å². The zero-order valence-electron chi connectivity index (χ0n) is 17.0. The molecule has 2 heterocycles. The van der Waals surface area contributed by atoms with E-state index in [4.69, 9.17) is 9.47 Å². The lowest BCUT2D eigenvalue weighted by Crippen LogP contribution is -2.46. The van der Waals surface area contributed by atoms with Crippen molar-refractivity contribution in [1.82, 2.24) is 0 Å². The van der Waals surface area contributed by atoms with Crippen LogP contribution in [0, 0.1) is 5.92 Å². The zero-order chi connectivity index (χ0) is 18.7. The van der Waals surface area contributed by atoms with E-state index in [0.717, 1.165) is 44.9 Å². The van der Waals surface area contributed by atoms with E-state index < -0.39 is 5.60 Å². The fourth-order valence-electron chi connectivity index (χ4n) is 4.18. The van der Waals surface area contributed by atoms with E-state index in [1.807, 2.05) is 0 Å². The molecule has 3 nitrogen and oxygen atoms in total. The maximum Gasteiger partial charge on any atom is 0.303 e. The molecular weight excluding hydrogens is 312 g/mol. The second-order valence-electron chi connectivity index (χ2n) is 8.61. The molecule has 1 fully saturated rings. The SMILES string of the molecule is CC(=O)OC1CC/C(C)=C\CC/C(C)=C\CC2(C(C)C)CCC1(C)O2. The van der Waals surface area contributed by atoms with Crippen LogP contribution in [0.5, 0.6) is 0 Å².